The number of nitrogens with one attached hydrogen (secondary N) is 2. The Hall–Kier alpha value is -2.53. The summed E-state index contributed by atoms with van der Waals surface area (Å²) in [5.41, 5.74) is 4.20. The van der Waals surface area contributed by atoms with Crippen LogP contribution in [0.2, 0.25) is 0 Å². The summed E-state index contributed by atoms with van der Waals surface area (Å²) >= 11 is 0. The third-order valence-corrected chi connectivity index (χ3v) is 10.9. The summed E-state index contributed by atoms with van der Waals surface area (Å²) in [6, 6.07) is 5.57. The van der Waals surface area contributed by atoms with Crippen LogP contribution in [0, 0.1) is 29.8 Å². The van der Waals surface area contributed by atoms with Gasteiger partial charge in [0.15, 0.2) is 23.2 Å². The molecule has 4 aliphatic rings. The number of hydrogen-bond acceptors (Lipinski definition) is 8. The molecule has 266 valence electrons. The zero-order chi connectivity index (χ0) is 34.0. The summed E-state index contributed by atoms with van der Waals surface area (Å²) in [5, 5.41) is 47.4. The van der Waals surface area contributed by atoms with E-state index in [9.17, 15) is 20.4 Å². The standard InChI is InChI=1S/C39H59N3O6/c1-4-5-11-37-28(23-44)20-29(48-37)15-12-26-13-17-36(46)38(19-26)47-24-35(40-3)34-21-31-32(42-34)16-14-27-8-6-9-30(27)39(31)33(10-7-18-43)41-22-25(2)45/h13,17,19-21,25,27,30,33,35,37,39-41,43-45,48H,4-12,14-16,18,22-24H2,1-3H3/p+1. The molecule has 0 bridgehead atoms. The maximum absolute atomic E-state index is 10.7. The van der Waals surface area contributed by atoms with Crippen LogP contribution in [0.25, 0.3) is 0 Å². The Morgan fingerprint density at radius 3 is 2.79 bits per heavy atom. The number of ether oxygens (including phenoxy) is 2. The number of allylic oxidation sites excluding steroid dienone is 1. The van der Waals surface area contributed by atoms with Gasteiger partial charge in [0.05, 0.1) is 18.1 Å². The average molecular weight is 667 g/mol. The van der Waals surface area contributed by atoms with E-state index in [4.69, 9.17) is 14.5 Å². The second-order valence-electron chi connectivity index (χ2n) is 14.3. The number of unbranched alkanes of at least 4 members (excludes halogenated alkanes) is 1. The molecule has 7 N–H and O–H groups in total. The number of benzene rings is 1. The minimum absolute atomic E-state index is 0.0539. The van der Waals surface area contributed by atoms with Crippen molar-refractivity contribution in [2.45, 2.75) is 115 Å². The van der Waals surface area contributed by atoms with Crippen molar-refractivity contribution >= 4 is 5.71 Å². The number of aliphatic imine (C=N–C) groups is 1. The van der Waals surface area contributed by atoms with E-state index in [1.807, 2.05) is 26.1 Å². The maximum Gasteiger partial charge on any atom is 0.196 e. The lowest BCUT2D eigenvalue weighted by Gasteiger charge is -2.33. The van der Waals surface area contributed by atoms with Crippen molar-refractivity contribution in [3.63, 3.8) is 0 Å². The van der Waals surface area contributed by atoms with Crippen LogP contribution < -0.4 is 15.4 Å². The van der Waals surface area contributed by atoms with Crippen molar-refractivity contribution in [3.8, 4) is 11.5 Å². The Morgan fingerprint density at radius 1 is 1.19 bits per heavy atom. The van der Waals surface area contributed by atoms with E-state index in [0.717, 1.165) is 80.7 Å². The topological polar surface area (TPSA) is 139 Å². The number of rotatable bonds is 19. The summed E-state index contributed by atoms with van der Waals surface area (Å²) in [5.74, 6) is 3.43. The van der Waals surface area contributed by atoms with Crippen LogP contribution in [-0.2, 0) is 6.42 Å². The van der Waals surface area contributed by atoms with Gasteiger partial charge in [-0.1, -0.05) is 32.3 Å². The van der Waals surface area contributed by atoms with Crippen molar-refractivity contribution in [2.24, 2.45) is 22.7 Å². The van der Waals surface area contributed by atoms with E-state index in [1.165, 1.54) is 30.9 Å². The highest BCUT2D eigenvalue weighted by atomic mass is 16.5. The van der Waals surface area contributed by atoms with Crippen molar-refractivity contribution in [3.05, 3.63) is 59.2 Å². The molecule has 7 unspecified atom stereocenters. The molecule has 2 saturated carbocycles. The molecule has 2 fully saturated rings. The van der Waals surface area contributed by atoms with Crippen LogP contribution in [0.4, 0.5) is 0 Å². The predicted octanol–water partition coefficient (Wildman–Crippen LogP) is 4.69. The molecule has 2 heterocycles. The summed E-state index contributed by atoms with van der Waals surface area (Å²) in [6.07, 6.45) is 17.2. The first-order valence-electron chi connectivity index (χ1n) is 18.5. The number of fused-ring (bicyclic) bond motifs is 2. The molecule has 0 amide bonds. The first-order valence-corrected chi connectivity index (χ1v) is 18.5. The van der Waals surface area contributed by atoms with Gasteiger partial charge in [0.1, 0.15) is 30.4 Å². The molecule has 9 nitrogen and oxygen atoms in total. The van der Waals surface area contributed by atoms with Crippen LogP contribution >= 0.6 is 0 Å². The van der Waals surface area contributed by atoms with Crippen LogP contribution in [0.15, 0.2) is 46.6 Å². The quantitative estimate of drug-likeness (QED) is 0.0930. The van der Waals surface area contributed by atoms with E-state index < -0.39 is 6.10 Å². The Balaban J connectivity index is 1.26. The smallest absolute Gasteiger partial charge is 0.196 e. The van der Waals surface area contributed by atoms with E-state index in [2.05, 4.69) is 29.7 Å². The molecule has 0 radical (unpaired) electrons. The van der Waals surface area contributed by atoms with Gasteiger partial charge in [-0.3, -0.25) is 5.32 Å². The fraction of sp³-hybridized carbons (Fsp3) is 0.667. The zero-order valence-corrected chi connectivity index (χ0v) is 29.3. The van der Waals surface area contributed by atoms with Gasteiger partial charge in [0.25, 0.3) is 0 Å². The number of likely N-dealkylation sites (N-methyl/N-ethyl adjacent to an activating group) is 1. The van der Waals surface area contributed by atoms with E-state index in [-0.39, 0.29) is 43.1 Å². The Morgan fingerprint density at radius 2 is 2.04 bits per heavy atom. The molecule has 0 spiro atoms. The van der Waals surface area contributed by atoms with E-state index in [1.54, 1.807) is 6.07 Å². The average Bonchev–Trinajstić information content (AvgIpc) is 3.81. The number of aliphatic hydroxyl groups is 5. The molecule has 1 aromatic carbocycles. The van der Waals surface area contributed by atoms with Gasteiger partial charge in [-0.25, -0.2) is 0 Å². The third-order valence-electron chi connectivity index (χ3n) is 10.9. The molecule has 5 rings (SSSR count). The predicted molar refractivity (Wildman–Crippen MR) is 191 cm³/mol. The van der Waals surface area contributed by atoms with Crippen molar-refractivity contribution in [2.75, 3.05) is 33.4 Å². The van der Waals surface area contributed by atoms with Crippen LogP contribution in [0.1, 0.15) is 90.0 Å². The number of aromatic hydroxyl groups is 1. The molecule has 2 aliphatic heterocycles. The lowest BCUT2D eigenvalue weighted by atomic mass is 9.71. The molecular formula is C39H60N3O6+. The van der Waals surface area contributed by atoms with Gasteiger partial charge in [0.2, 0.25) is 0 Å². The first-order chi connectivity index (χ1) is 23.3. The summed E-state index contributed by atoms with van der Waals surface area (Å²) < 4.78 is 11.2. The lowest BCUT2D eigenvalue weighted by molar-refractivity contribution is -0.0550. The molecule has 9 heteroatoms. The monoisotopic (exact) mass is 666 g/mol. The van der Waals surface area contributed by atoms with Gasteiger partial charge in [-0.05, 0) is 88.4 Å². The van der Waals surface area contributed by atoms with Crippen LogP contribution in [-0.4, -0.2) is 88.6 Å². The summed E-state index contributed by atoms with van der Waals surface area (Å²) in [6.45, 7) is 5.06. The molecule has 0 aromatic heterocycles. The van der Waals surface area contributed by atoms with Gasteiger partial charge >= 0.3 is 0 Å². The largest absolute Gasteiger partial charge is 0.504 e. The second kappa shape index (κ2) is 17.9. The molecule has 7 atom stereocenters. The maximum atomic E-state index is 10.7. The number of aliphatic hydroxyl groups excluding tert-OH is 3. The van der Waals surface area contributed by atoms with Crippen LogP contribution in [0.3, 0.4) is 0 Å². The summed E-state index contributed by atoms with van der Waals surface area (Å²) in [7, 11) is 1.92. The van der Waals surface area contributed by atoms with Gasteiger partial charge < -0.3 is 35.2 Å². The van der Waals surface area contributed by atoms with Gasteiger partial charge in [-0.15, -0.1) is 16.6 Å². The molecular weight excluding hydrogens is 606 g/mol. The highest BCUT2D eigenvalue weighted by Gasteiger charge is 2.52. The molecule has 1 aromatic rings. The fourth-order valence-electron chi connectivity index (χ4n) is 8.33. The third kappa shape index (κ3) is 9.17. The lowest BCUT2D eigenvalue weighted by Crippen LogP contribution is -2.46. The van der Waals surface area contributed by atoms with Crippen molar-refractivity contribution in [1.29, 1.82) is 0 Å². The first kappa shape index (κ1) is 36.7. The molecule has 0 saturated heterocycles. The number of aryl methyl sites for hydroxylation is 1. The number of nitrogens with zero attached hydrogens (tertiary/aromatic N) is 1. The second-order valence-corrected chi connectivity index (χ2v) is 14.3. The number of hydrogen-bond donors (Lipinski definition) is 6. The van der Waals surface area contributed by atoms with E-state index in [0.29, 0.717) is 30.7 Å². The number of phenols is 1. The highest BCUT2D eigenvalue weighted by Crippen LogP contribution is 2.50. The number of phenolic OH excluding ortho intramolecular Hbond substituents is 1. The minimum atomic E-state index is -0.435. The fourth-order valence-corrected chi connectivity index (χ4v) is 8.33. The van der Waals surface area contributed by atoms with Crippen molar-refractivity contribution < 1.29 is 29.9 Å². The highest BCUT2D eigenvalue weighted by molar-refractivity contribution is 6.03. The minimum Gasteiger partial charge on any atom is -0.504 e. The Bertz CT molecular complexity index is 1260. The summed E-state index contributed by atoms with van der Waals surface area (Å²) in [4.78, 5) is 5.21. The van der Waals surface area contributed by atoms with Crippen LogP contribution in [0.5, 0.6) is 11.5 Å². The zero-order valence-electron chi connectivity index (χ0n) is 29.3. The normalized spacial score (nSPS) is 25.6. The Kier molecular flexibility index (Phi) is 13.7. The molecule has 2 aliphatic carbocycles. The van der Waals surface area contributed by atoms with Gasteiger partial charge in [0, 0.05) is 38.6 Å². The molecule has 48 heavy (non-hydrogen) atoms. The van der Waals surface area contributed by atoms with Crippen molar-refractivity contribution in [1.82, 2.24) is 10.6 Å². The Labute approximate surface area is 287 Å². The van der Waals surface area contributed by atoms with E-state index >= 15 is 0 Å². The SMILES string of the molecule is CCCCC1[OH+][C-](CCc2ccc(O)c(OCC(NC)C3=C[C+]4C(=N3)CCC3CCCC3C4C(CCCO)NCC(C)O)c2)C=C1CO. The van der Waals surface area contributed by atoms with Gasteiger partial charge in [-0.2, -0.15) is 0 Å².